The number of benzene rings is 1. The quantitative estimate of drug-likeness (QED) is 0.944. The highest BCUT2D eigenvalue weighted by Crippen LogP contribution is 2.27. The molecule has 1 aliphatic rings. The number of primary amides is 1. The Morgan fingerprint density at radius 3 is 2.35 bits per heavy atom. The van der Waals surface area contributed by atoms with E-state index in [1.165, 1.54) is 5.56 Å². The number of piperidine rings is 1. The first kappa shape index (κ1) is 15.2. The molecule has 2 N–H and O–H groups in total. The van der Waals surface area contributed by atoms with E-state index in [1.807, 2.05) is 17.0 Å². The molecule has 0 radical (unpaired) electrons. The van der Waals surface area contributed by atoms with Crippen LogP contribution in [-0.2, 0) is 0 Å². The van der Waals surface area contributed by atoms with Crippen LogP contribution in [0.1, 0.15) is 45.0 Å². The summed E-state index contributed by atoms with van der Waals surface area (Å²) in [4.78, 5) is 29.7. The topological polar surface area (TPSA) is 76.3 Å². The molecule has 0 spiro atoms. The van der Waals surface area contributed by atoms with Crippen LogP contribution in [-0.4, -0.2) is 34.8 Å². The molecule has 1 atom stereocenters. The Hall–Kier alpha value is -2.69. The summed E-state index contributed by atoms with van der Waals surface area (Å²) in [6.45, 7) is 1.47. The molecule has 1 fully saturated rings. The Labute approximate surface area is 135 Å². The maximum absolute atomic E-state index is 12.7. The molecule has 2 amide bonds. The van der Waals surface area contributed by atoms with Gasteiger partial charge in [-0.3, -0.25) is 14.6 Å². The van der Waals surface area contributed by atoms with Crippen LogP contribution in [0.15, 0.2) is 48.8 Å². The van der Waals surface area contributed by atoms with Crippen LogP contribution in [0, 0.1) is 0 Å². The number of nitrogens with zero attached hydrogens (tertiary/aromatic N) is 2. The molecule has 1 saturated heterocycles. The molecule has 0 aliphatic carbocycles. The summed E-state index contributed by atoms with van der Waals surface area (Å²) in [5.74, 6) is -0.139. The molecule has 118 valence electrons. The molecule has 3 rings (SSSR count). The van der Waals surface area contributed by atoms with Gasteiger partial charge in [0, 0.05) is 42.5 Å². The number of carbonyl (C=O) groups is 2. The first-order valence-corrected chi connectivity index (χ1v) is 7.74. The second-order valence-electron chi connectivity index (χ2n) is 5.81. The third-order valence-corrected chi connectivity index (χ3v) is 4.30. The van der Waals surface area contributed by atoms with Gasteiger partial charge >= 0.3 is 0 Å². The third kappa shape index (κ3) is 3.39. The molecule has 0 bridgehead atoms. The summed E-state index contributed by atoms with van der Waals surface area (Å²) >= 11 is 0. The minimum absolute atomic E-state index is 0.000207. The Kier molecular flexibility index (Phi) is 4.37. The number of nitrogens with two attached hydrogens (primary N) is 1. The van der Waals surface area contributed by atoms with Crippen molar-refractivity contribution in [3.8, 4) is 0 Å². The summed E-state index contributed by atoms with van der Waals surface area (Å²) in [5, 5.41) is 0. The maximum atomic E-state index is 12.7. The summed E-state index contributed by atoms with van der Waals surface area (Å²) < 4.78 is 0. The lowest BCUT2D eigenvalue weighted by Gasteiger charge is -2.33. The first-order valence-electron chi connectivity index (χ1n) is 7.74. The molecule has 1 aromatic heterocycles. The summed E-state index contributed by atoms with van der Waals surface area (Å²) in [7, 11) is 0. The molecule has 2 aromatic rings. The Balaban J connectivity index is 1.73. The van der Waals surface area contributed by atoms with Crippen molar-refractivity contribution in [1.29, 1.82) is 0 Å². The Morgan fingerprint density at radius 2 is 1.70 bits per heavy atom. The van der Waals surface area contributed by atoms with Gasteiger partial charge in [-0.2, -0.15) is 0 Å². The first-order chi connectivity index (χ1) is 11.1. The number of hydrogen-bond acceptors (Lipinski definition) is 3. The zero-order chi connectivity index (χ0) is 16.2. The lowest BCUT2D eigenvalue weighted by atomic mass is 9.91. The van der Waals surface area contributed by atoms with E-state index >= 15 is 0 Å². The molecular formula is C18H19N3O2. The van der Waals surface area contributed by atoms with Crippen molar-refractivity contribution in [3.05, 3.63) is 65.5 Å². The van der Waals surface area contributed by atoms with Crippen LogP contribution < -0.4 is 5.73 Å². The summed E-state index contributed by atoms with van der Waals surface area (Å²) in [5.41, 5.74) is 7.45. The predicted molar refractivity (Wildman–Crippen MR) is 87.1 cm³/mol. The molecule has 1 aliphatic heterocycles. The molecule has 1 unspecified atom stereocenters. The van der Waals surface area contributed by atoms with Gasteiger partial charge in [0.05, 0.1) is 0 Å². The van der Waals surface area contributed by atoms with Crippen LogP contribution in [0.5, 0.6) is 0 Å². The second-order valence-corrected chi connectivity index (χ2v) is 5.81. The number of aromatic nitrogens is 1. The van der Waals surface area contributed by atoms with Gasteiger partial charge in [0.1, 0.15) is 0 Å². The second kappa shape index (κ2) is 6.60. The van der Waals surface area contributed by atoms with Crippen molar-refractivity contribution >= 4 is 11.8 Å². The molecular weight excluding hydrogens is 290 g/mol. The van der Waals surface area contributed by atoms with Gasteiger partial charge < -0.3 is 10.6 Å². The van der Waals surface area contributed by atoms with Crippen molar-refractivity contribution in [2.24, 2.45) is 5.73 Å². The van der Waals surface area contributed by atoms with E-state index in [0.717, 1.165) is 19.4 Å². The van der Waals surface area contributed by atoms with Gasteiger partial charge in [-0.25, -0.2) is 0 Å². The minimum atomic E-state index is -0.486. The minimum Gasteiger partial charge on any atom is -0.366 e. The van der Waals surface area contributed by atoms with E-state index in [2.05, 4.69) is 4.98 Å². The molecule has 0 saturated carbocycles. The number of carbonyl (C=O) groups excluding carboxylic acids is 2. The molecule has 1 aromatic carbocycles. The van der Waals surface area contributed by atoms with Gasteiger partial charge in [0.25, 0.3) is 5.91 Å². The van der Waals surface area contributed by atoms with E-state index in [-0.39, 0.29) is 5.91 Å². The SMILES string of the molecule is NC(=O)c1ccc(C(=O)N2CCCC(c3ccncc3)C2)cc1. The summed E-state index contributed by atoms with van der Waals surface area (Å²) in [6, 6.07) is 10.6. The monoisotopic (exact) mass is 309 g/mol. The van der Waals surface area contributed by atoms with Crippen LogP contribution in [0.3, 0.4) is 0 Å². The molecule has 2 heterocycles. The van der Waals surface area contributed by atoms with Crippen LogP contribution in [0.4, 0.5) is 0 Å². The fraction of sp³-hybridized carbons (Fsp3) is 0.278. The van der Waals surface area contributed by atoms with E-state index in [9.17, 15) is 9.59 Å². The summed E-state index contributed by atoms with van der Waals surface area (Å²) in [6.07, 6.45) is 5.64. The fourth-order valence-electron chi connectivity index (χ4n) is 3.03. The highest BCUT2D eigenvalue weighted by Gasteiger charge is 2.25. The lowest BCUT2D eigenvalue weighted by Crippen LogP contribution is -2.39. The number of pyridine rings is 1. The average molecular weight is 309 g/mol. The lowest BCUT2D eigenvalue weighted by molar-refractivity contribution is 0.0706. The number of hydrogen-bond donors (Lipinski definition) is 1. The van der Waals surface area contributed by atoms with E-state index in [1.54, 1.807) is 36.7 Å². The third-order valence-electron chi connectivity index (χ3n) is 4.30. The van der Waals surface area contributed by atoms with Gasteiger partial charge in [0.15, 0.2) is 0 Å². The normalized spacial score (nSPS) is 17.7. The predicted octanol–water partition coefficient (Wildman–Crippen LogP) is 2.20. The maximum Gasteiger partial charge on any atom is 0.253 e. The van der Waals surface area contributed by atoms with Gasteiger partial charge in [0.2, 0.25) is 5.91 Å². The largest absolute Gasteiger partial charge is 0.366 e. The average Bonchev–Trinajstić information content (AvgIpc) is 2.62. The van der Waals surface area contributed by atoms with Gasteiger partial charge in [-0.05, 0) is 54.8 Å². The standard InChI is InChI=1S/C18H19N3O2/c19-17(22)14-3-5-15(6-4-14)18(23)21-11-1-2-16(12-21)13-7-9-20-10-8-13/h3-10,16H,1-2,11-12H2,(H2,19,22). The number of likely N-dealkylation sites (tertiary alicyclic amines) is 1. The van der Waals surface area contributed by atoms with Crippen LogP contribution in [0.2, 0.25) is 0 Å². The Morgan fingerprint density at radius 1 is 1.04 bits per heavy atom. The highest BCUT2D eigenvalue weighted by molar-refractivity contribution is 5.97. The number of rotatable bonds is 3. The van der Waals surface area contributed by atoms with Crippen LogP contribution in [0.25, 0.3) is 0 Å². The molecule has 23 heavy (non-hydrogen) atoms. The molecule has 5 nitrogen and oxygen atoms in total. The smallest absolute Gasteiger partial charge is 0.253 e. The van der Waals surface area contributed by atoms with Crippen molar-refractivity contribution in [2.75, 3.05) is 13.1 Å². The zero-order valence-corrected chi connectivity index (χ0v) is 12.8. The van der Waals surface area contributed by atoms with E-state index in [0.29, 0.717) is 23.6 Å². The van der Waals surface area contributed by atoms with E-state index in [4.69, 9.17) is 5.73 Å². The van der Waals surface area contributed by atoms with Crippen molar-refractivity contribution < 1.29 is 9.59 Å². The Bertz CT molecular complexity index is 698. The zero-order valence-electron chi connectivity index (χ0n) is 12.8. The van der Waals surface area contributed by atoms with E-state index < -0.39 is 5.91 Å². The highest BCUT2D eigenvalue weighted by atomic mass is 16.2. The van der Waals surface area contributed by atoms with Crippen molar-refractivity contribution in [2.45, 2.75) is 18.8 Å². The van der Waals surface area contributed by atoms with Gasteiger partial charge in [-0.1, -0.05) is 0 Å². The van der Waals surface area contributed by atoms with Crippen molar-refractivity contribution in [3.63, 3.8) is 0 Å². The van der Waals surface area contributed by atoms with Crippen LogP contribution >= 0.6 is 0 Å². The fourth-order valence-corrected chi connectivity index (χ4v) is 3.03. The van der Waals surface area contributed by atoms with Crippen molar-refractivity contribution in [1.82, 2.24) is 9.88 Å². The number of amides is 2. The molecule has 5 heteroatoms. The van der Waals surface area contributed by atoms with Gasteiger partial charge in [-0.15, -0.1) is 0 Å².